The second kappa shape index (κ2) is 12.9. The minimum atomic E-state index is -0.457. The van der Waals surface area contributed by atoms with E-state index in [1.54, 1.807) is 18.3 Å². The van der Waals surface area contributed by atoms with Crippen molar-refractivity contribution >= 4 is 12.1 Å². The van der Waals surface area contributed by atoms with E-state index in [1.807, 2.05) is 56.3 Å². The number of carbonyl (C=O) groups is 1. The summed E-state index contributed by atoms with van der Waals surface area (Å²) in [6.45, 7) is 10.9. The number of nitrogens with one attached hydrogen (secondary N) is 1. The molecule has 0 radical (unpaired) electrons. The van der Waals surface area contributed by atoms with Gasteiger partial charge in [0.2, 0.25) is 0 Å². The number of aromatic nitrogens is 1. The number of aryl methyl sites for hydroxylation is 2. The molecule has 39 heavy (non-hydrogen) atoms. The third kappa shape index (κ3) is 7.10. The molecule has 0 aliphatic rings. The van der Waals surface area contributed by atoms with Crippen molar-refractivity contribution in [3.8, 4) is 22.9 Å². The van der Waals surface area contributed by atoms with Gasteiger partial charge in [-0.2, -0.15) is 5.10 Å². The van der Waals surface area contributed by atoms with E-state index < -0.39 is 5.91 Å². The van der Waals surface area contributed by atoms with Gasteiger partial charge in [0.15, 0.2) is 17.3 Å². The van der Waals surface area contributed by atoms with Gasteiger partial charge in [-0.05, 0) is 106 Å². The number of hydrazone groups is 1. The van der Waals surface area contributed by atoms with E-state index in [4.69, 9.17) is 18.6 Å². The Morgan fingerprint density at radius 1 is 0.974 bits per heavy atom. The van der Waals surface area contributed by atoms with Crippen molar-refractivity contribution in [3.63, 3.8) is 0 Å². The summed E-state index contributed by atoms with van der Waals surface area (Å²) >= 11 is 0. The van der Waals surface area contributed by atoms with Crippen LogP contribution in [-0.2, 0) is 6.61 Å². The van der Waals surface area contributed by atoms with Gasteiger partial charge in [-0.15, -0.1) is 0 Å². The van der Waals surface area contributed by atoms with Crippen LogP contribution in [0.3, 0.4) is 0 Å². The van der Waals surface area contributed by atoms with Crippen LogP contribution in [-0.4, -0.2) is 29.4 Å². The fraction of sp³-hybridized carbons (Fsp3) is 0.290. The second-order valence-electron chi connectivity index (χ2n) is 9.18. The molecule has 2 aromatic carbocycles. The molecule has 4 aromatic rings. The summed E-state index contributed by atoms with van der Waals surface area (Å²) in [5.74, 6) is 2.24. The lowest BCUT2D eigenvalue weighted by Gasteiger charge is -2.16. The first-order valence-electron chi connectivity index (χ1n) is 13.1. The number of amides is 1. The predicted molar refractivity (Wildman–Crippen MR) is 151 cm³/mol. The van der Waals surface area contributed by atoms with E-state index in [0.717, 1.165) is 17.7 Å². The number of furan rings is 1. The van der Waals surface area contributed by atoms with Crippen molar-refractivity contribution in [2.75, 3.05) is 6.61 Å². The van der Waals surface area contributed by atoms with Crippen molar-refractivity contribution in [2.45, 2.75) is 53.8 Å². The first kappa shape index (κ1) is 27.6. The molecule has 2 heterocycles. The van der Waals surface area contributed by atoms with E-state index >= 15 is 0 Å². The summed E-state index contributed by atoms with van der Waals surface area (Å²) in [7, 11) is 0. The molecular weight excluding hydrogens is 494 g/mol. The Morgan fingerprint density at radius 2 is 1.72 bits per heavy atom. The molecule has 0 aliphatic heterocycles. The molecule has 1 N–H and O–H groups in total. The van der Waals surface area contributed by atoms with Gasteiger partial charge in [0.05, 0.1) is 18.9 Å². The number of benzene rings is 2. The lowest BCUT2D eigenvalue weighted by Crippen LogP contribution is -2.16. The first-order chi connectivity index (χ1) is 18.9. The molecule has 1 atom stereocenters. The smallest absolute Gasteiger partial charge is 0.307 e. The summed E-state index contributed by atoms with van der Waals surface area (Å²) in [6.07, 6.45) is 2.51. The van der Waals surface area contributed by atoms with Gasteiger partial charge in [0.25, 0.3) is 0 Å². The molecule has 0 fully saturated rings. The van der Waals surface area contributed by atoms with Crippen molar-refractivity contribution < 1.29 is 23.4 Å². The fourth-order valence-electron chi connectivity index (χ4n) is 3.99. The standard InChI is InChI=1S/C31H35N3O5/c1-6-23(5)38-28-16-10-24(18-30(28)36-7-2)19-32-33-31(35)29-17-15-27(39-29)20-37-26-13-11-25(12-14-26)34-21(3)8-9-22(34)4/h8-19,23H,6-7,20H2,1-5H3,(H,33,35)/b32-19+/t23-/m1/s1. The number of hydrogen-bond acceptors (Lipinski definition) is 6. The Morgan fingerprint density at radius 3 is 2.41 bits per heavy atom. The molecule has 204 valence electrons. The molecule has 1 amide bonds. The molecule has 2 aromatic heterocycles. The zero-order valence-corrected chi connectivity index (χ0v) is 23.1. The number of hydrogen-bond donors (Lipinski definition) is 1. The van der Waals surface area contributed by atoms with Crippen molar-refractivity contribution in [1.29, 1.82) is 0 Å². The predicted octanol–water partition coefficient (Wildman–Crippen LogP) is 6.61. The minimum absolute atomic E-state index is 0.0795. The molecule has 4 rings (SSSR count). The topological polar surface area (TPSA) is 87.2 Å². The van der Waals surface area contributed by atoms with E-state index in [2.05, 4.69) is 48.0 Å². The van der Waals surface area contributed by atoms with Crippen molar-refractivity contribution in [3.05, 3.63) is 95.2 Å². The molecule has 0 aliphatic carbocycles. The minimum Gasteiger partial charge on any atom is -0.490 e. The number of nitrogens with zero attached hydrogens (tertiary/aromatic N) is 2. The van der Waals surface area contributed by atoms with Gasteiger partial charge in [-0.1, -0.05) is 6.92 Å². The Balaban J connectivity index is 1.31. The lowest BCUT2D eigenvalue weighted by molar-refractivity contribution is 0.0923. The van der Waals surface area contributed by atoms with Gasteiger partial charge in [0.1, 0.15) is 18.1 Å². The largest absolute Gasteiger partial charge is 0.490 e. The number of carbonyl (C=O) groups excluding carboxylic acids is 1. The van der Waals surface area contributed by atoms with Crippen LogP contribution in [0.4, 0.5) is 0 Å². The van der Waals surface area contributed by atoms with Gasteiger partial charge in [-0.25, -0.2) is 5.43 Å². The number of ether oxygens (including phenoxy) is 3. The van der Waals surface area contributed by atoms with Crippen LogP contribution < -0.4 is 19.6 Å². The third-order valence-electron chi connectivity index (χ3n) is 6.18. The maximum absolute atomic E-state index is 12.5. The van der Waals surface area contributed by atoms with Crippen LogP contribution in [0.25, 0.3) is 5.69 Å². The number of rotatable bonds is 12. The van der Waals surface area contributed by atoms with Gasteiger partial charge in [-0.3, -0.25) is 4.79 Å². The maximum Gasteiger partial charge on any atom is 0.307 e. The van der Waals surface area contributed by atoms with Crippen LogP contribution >= 0.6 is 0 Å². The molecule has 0 unspecified atom stereocenters. The summed E-state index contributed by atoms with van der Waals surface area (Å²) in [4.78, 5) is 12.5. The molecule has 8 heteroatoms. The van der Waals surface area contributed by atoms with E-state index in [-0.39, 0.29) is 18.5 Å². The van der Waals surface area contributed by atoms with Crippen LogP contribution in [0.1, 0.15) is 60.5 Å². The average molecular weight is 530 g/mol. The highest BCUT2D eigenvalue weighted by Gasteiger charge is 2.12. The zero-order chi connectivity index (χ0) is 27.8. The highest BCUT2D eigenvalue weighted by Crippen LogP contribution is 2.29. The first-order valence-corrected chi connectivity index (χ1v) is 13.1. The lowest BCUT2D eigenvalue weighted by atomic mass is 10.2. The van der Waals surface area contributed by atoms with E-state index in [0.29, 0.717) is 29.6 Å². The quantitative estimate of drug-likeness (QED) is 0.165. The Labute approximate surface area is 229 Å². The highest BCUT2D eigenvalue weighted by atomic mass is 16.5. The van der Waals surface area contributed by atoms with E-state index in [9.17, 15) is 4.79 Å². The van der Waals surface area contributed by atoms with Crippen molar-refractivity contribution in [1.82, 2.24) is 9.99 Å². The molecule has 8 nitrogen and oxygen atoms in total. The summed E-state index contributed by atoms with van der Waals surface area (Å²) in [6, 6.07) is 20.9. The van der Waals surface area contributed by atoms with Gasteiger partial charge >= 0.3 is 5.91 Å². The van der Waals surface area contributed by atoms with Crippen LogP contribution in [0, 0.1) is 13.8 Å². The zero-order valence-electron chi connectivity index (χ0n) is 23.1. The summed E-state index contributed by atoms with van der Waals surface area (Å²) in [5.41, 5.74) is 6.67. The molecule has 0 spiro atoms. The molecule has 0 bridgehead atoms. The van der Waals surface area contributed by atoms with Gasteiger partial charge in [0, 0.05) is 17.1 Å². The Hall–Kier alpha value is -4.46. The second-order valence-corrected chi connectivity index (χ2v) is 9.18. The van der Waals surface area contributed by atoms with Crippen LogP contribution in [0.5, 0.6) is 17.2 Å². The van der Waals surface area contributed by atoms with Crippen LogP contribution in [0.15, 0.2) is 76.2 Å². The SMILES string of the molecule is CCOc1cc(/C=N/NC(=O)c2ccc(COc3ccc(-n4c(C)ccc4C)cc3)o2)ccc1O[C@H](C)CC. The maximum atomic E-state index is 12.5. The van der Waals surface area contributed by atoms with Gasteiger partial charge < -0.3 is 23.2 Å². The molecule has 0 saturated heterocycles. The highest BCUT2D eigenvalue weighted by molar-refractivity contribution is 5.92. The van der Waals surface area contributed by atoms with Crippen molar-refractivity contribution in [2.24, 2.45) is 5.10 Å². The van der Waals surface area contributed by atoms with E-state index in [1.165, 1.54) is 11.4 Å². The molecule has 0 saturated carbocycles. The normalized spacial score (nSPS) is 11.9. The Kier molecular flexibility index (Phi) is 9.10. The fourth-order valence-corrected chi connectivity index (χ4v) is 3.99. The monoisotopic (exact) mass is 529 g/mol. The average Bonchev–Trinajstić information content (AvgIpc) is 3.55. The van der Waals surface area contributed by atoms with Crippen LogP contribution in [0.2, 0.25) is 0 Å². The summed E-state index contributed by atoms with van der Waals surface area (Å²) < 4.78 is 25.3. The molecular formula is C31H35N3O5. The summed E-state index contributed by atoms with van der Waals surface area (Å²) in [5, 5.41) is 4.06. The third-order valence-corrected chi connectivity index (χ3v) is 6.18. The Bertz CT molecular complexity index is 1400.